The second-order valence-corrected chi connectivity index (χ2v) is 8.36. The van der Waals surface area contributed by atoms with E-state index in [0.29, 0.717) is 16.0 Å². The summed E-state index contributed by atoms with van der Waals surface area (Å²) in [7, 11) is 0. The molecule has 28 heavy (non-hydrogen) atoms. The van der Waals surface area contributed by atoms with Crippen LogP contribution < -0.4 is 5.56 Å². The molecule has 0 aliphatic rings. The Morgan fingerprint density at radius 2 is 2.00 bits per heavy atom. The van der Waals surface area contributed by atoms with Crippen LogP contribution in [0.5, 0.6) is 0 Å². The van der Waals surface area contributed by atoms with E-state index in [1.165, 1.54) is 11.3 Å². The van der Waals surface area contributed by atoms with Crippen molar-refractivity contribution in [3.8, 4) is 10.4 Å². The number of aromatic amines is 1. The number of thiophene rings is 2. The van der Waals surface area contributed by atoms with Crippen LogP contribution in [-0.4, -0.2) is 15.9 Å². The molecule has 0 aliphatic heterocycles. The van der Waals surface area contributed by atoms with Crippen molar-refractivity contribution in [2.75, 3.05) is 0 Å². The van der Waals surface area contributed by atoms with E-state index in [0.717, 1.165) is 21.6 Å². The summed E-state index contributed by atoms with van der Waals surface area (Å²) in [6.07, 6.45) is -0.458. The Bertz CT molecular complexity index is 1170. The second-order valence-electron chi connectivity index (χ2n) is 6.55. The van der Waals surface area contributed by atoms with Crippen molar-refractivity contribution >= 4 is 38.9 Å². The molecule has 142 valence electrons. The van der Waals surface area contributed by atoms with Crippen LogP contribution in [0.1, 0.15) is 30.0 Å². The maximum atomic E-state index is 12.7. The van der Waals surface area contributed by atoms with E-state index in [-0.39, 0.29) is 17.9 Å². The first-order valence-corrected chi connectivity index (χ1v) is 10.6. The molecular formula is C21H18N2O3S2. The van der Waals surface area contributed by atoms with E-state index in [4.69, 9.17) is 4.74 Å². The monoisotopic (exact) mass is 410 g/mol. The fourth-order valence-electron chi connectivity index (χ4n) is 2.94. The van der Waals surface area contributed by atoms with Crippen LogP contribution >= 0.6 is 22.7 Å². The molecule has 5 nitrogen and oxygen atoms in total. The van der Waals surface area contributed by atoms with Crippen molar-refractivity contribution in [1.29, 1.82) is 0 Å². The summed E-state index contributed by atoms with van der Waals surface area (Å²) in [6, 6.07) is 11.7. The number of aryl methyl sites for hydroxylation is 1. The summed E-state index contributed by atoms with van der Waals surface area (Å²) in [5, 5.41) is 4.50. The molecule has 4 rings (SSSR count). The number of rotatable bonds is 5. The number of aromatic nitrogens is 2. The molecule has 7 heteroatoms. The summed E-state index contributed by atoms with van der Waals surface area (Å²) in [6.45, 7) is 3.71. The third kappa shape index (κ3) is 3.76. The molecule has 0 unspecified atom stereocenters. The standard InChI is InChI=1S/C21H18N2O3S2/c1-12-5-7-14(8-6-12)10-17(24)26-13(2)19-22-20(25)18-15(11-28-21(18)23-19)16-4-3-9-27-16/h3-9,11,13H,10H2,1-2H3,(H,22,23,25)/t13-/m0/s1. The van der Waals surface area contributed by atoms with Crippen molar-refractivity contribution in [3.05, 3.63) is 74.5 Å². The lowest BCUT2D eigenvalue weighted by molar-refractivity contribution is -0.148. The molecule has 0 radical (unpaired) electrons. The van der Waals surface area contributed by atoms with Crippen molar-refractivity contribution in [2.24, 2.45) is 0 Å². The third-order valence-electron chi connectivity index (χ3n) is 4.41. The van der Waals surface area contributed by atoms with Crippen LogP contribution in [0.4, 0.5) is 0 Å². The zero-order chi connectivity index (χ0) is 19.7. The molecule has 1 aromatic carbocycles. The van der Waals surface area contributed by atoms with Gasteiger partial charge in [-0.25, -0.2) is 4.98 Å². The molecule has 4 aromatic rings. The summed E-state index contributed by atoms with van der Waals surface area (Å²) >= 11 is 3.00. The molecular weight excluding hydrogens is 392 g/mol. The number of ether oxygens (including phenoxy) is 1. The molecule has 1 N–H and O–H groups in total. The SMILES string of the molecule is Cc1ccc(CC(=O)O[C@@H](C)c2nc3scc(-c4cccs4)c3c(=O)[nH]2)cc1. The van der Waals surface area contributed by atoms with E-state index in [9.17, 15) is 9.59 Å². The summed E-state index contributed by atoms with van der Waals surface area (Å²) in [5.41, 5.74) is 2.70. The number of carbonyl (C=O) groups excluding carboxylic acids is 1. The Balaban J connectivity index is 1.54. The first-order valence-electron chi connectivity index (χ1n) is 8.81. The smallest absolute Gasteiger partial charge is 0.310 e. The zero-order valence-corrected chi connectivity index (χ0v) is 17.0. The van der Waals surface area contributed by atoms with E-state index in [1.807, 2.05) is 54.1 Å². The molecule has 0 aliphatic carbocycles. The lowest BCUT2D eigenvalue weighted by Gasteiger charge is -2.12. The highest BCUT2D eigenvalue weighted by Crippen LogP contribution is 2.33. The van der Waals surface area contributed by atoms with E-state index >= 15 is 0 Å². The van der Waals surface area contributed by atoms with Crippen LogP contribution in [0, 0.1) is 6.92 Å². The van der Waals surface area contributed by atoms with Gasteiger partial charge in [0, 0.05) is 15.8 Å². The lowest BCUT2D eigenvalue weighted by Crippen LogP contribution is -2.18. The molecule has 0 saturated carbocycles. The van der Waals surface area contributed by atoms with Gasteiger partial charge >= 0.3 is 5.97 Å². The highest BCUT2D eigenvalue weighted by atomic mass is 32.1. The first-order chi connectivity index (χ1) is 13.5. The van der Waals surface area contributed by atoms with Gasteiger partial charge in [0.25, 0.3) is 5.56 Å². The predicted octanol–water partition coefficient (Wildman–Crippen LogP) is 4.87. The van der Waals surface area contributed by atoms with Gasteiger partial charge in [-0.1, -0.05) is 35.9 Å². The van der Waals surface area contributed by atoms with E-state index in [2.05, 4.69) is 9.97 Å². The maximum Gasteiger partial charge on any atom is 0.310 e. The Morgan fingerprint density at radius 3 is 2.71 bits per heavy atom. The molecule has 0 spiro atoms. The topological polar surface area (TPSA) is 72.0 Å². The number of hydrogen-bond donors (Lipinski definition) is 1. The molecule has 3 aromatic heterocycles. The average molecular weight is 411 g/mol. The first kappa shape index (κ1) is 18.6. The Kier molecular flexibility index (Phi) is 5.11. The van der Waals surface area contributed by atoms with E-state index < -0.39 is 6.10 Å². The van der Waals surface area contributed by atoms with Crippen molar-refractivity contribution in [3.63, 3.8) is 0 Å². The van der Waals surface area contributed by atoms with Crippen molar-refractivity contribution < 1.29 is 9.53 Å². The van der Waals surface area contributed by atoms with Gasteiger partial charge in [-0.3, -0.25) is 9.59 Å². The number of esters is 1. The van der Waals surface area contributed by atoms with Gasteiger partial charge in [0.05, 0.1) is 11.8 Å². The van der Waals surface area contributed by atoms with Crippen LogP contribution in [0.2, 0.25) is 0 Å². The number of nitrogens with one attached hydrogen (secondary N) is 1. The third-order valence-corrected chi connectivity index (χ3v) is 6.19. The van der Waals surface area contributed by atoms with Crippen molar-refractivity contribution in [1.82, 2.24) is 9.97 Å². The minimum Gasteiger partial charge on any atom is -0.454 e. The number of fused-ring (bicyclic) bond motifs is 1. The second kappa shape index (κ2) is 7.69. The largest absolute Gasteiger partial charge is 0.454 e. The quantitative estimate of drug-likeness (QED) is 0.477. The molecule has 1 atom stereocenters. The number of nitrogens with zero attached hydrogens (tertiary/aromatic N) is 1. The predicted molar refractivity (Wildman–Crippen MR) is 113 cm³/mol. The van der Waals surface area contributed by atoms with Gasteiger partial charge in [0.15, 0.2) is 11.9 Å². The Morgan fingerprint density at radius 1 is 1.21 bits per heavy atom. The van der Waals surface area contributed by atoms with Gasteiger partial charge in [-0.2, -0.15) is 0 Å². The van der Waals surface area contributed by atoms with Crippen LogP contribution in [-0.2, 0) is 16.0 Å². The van der Waals surface area contributed by atoms with Crippen LogP contribution in [0.15, 0.2) is 52.0 Å². The van der Waals surface area contributed by atoms with Gasteiger partial charge < -0.3 is 9.72 Å². The molecule has 0 bridgehead atoms. The zero-order valence-electron chi connectivity index (χ0n) is 15.4. The highest BCUT2D eigenvalue weighted by molar-refractivity contribution is 7.18. The number of benzene rings is 1. The highest BCUT2D eigenvalue weighted by Gasteiger charge is 2.19. The molecule has 3 heterocycles. The van der Waals surface area contributed by atoms with Crippen LogP contribution in [0.25, 0.3) is 20.7 Å². The Labute approximate surface area is 169 Å². The number of carbonyl (C=O) groups is 1. The van der Waals surface area contributed by atoms with Gasteiger partial charge in [0.2, 0.25) is 0 Å². The number of hydrogen-bond acceptors (Lipinski definition) is 6. The lowest BCUT2D eigenvalue weighted by atomic mass is 10.1. The van der Waals surface area contributed by atoms with Gasteiger partial charge in [-0.15, -0.1) is 22.7 Å². The average Bonchev–Trinajstić information content (AvgIpc) is 3.32. The molecule has 0 amide bonds. The minimum atomic E-state index is -0.637. The minimum absolute atomic E-state index is 0.179. The van der Waals surface area contributed by atoms with Crippen LogP contribution in [0.3, 0.4) is 0 Å². The molecule has 0 fully saturated rings. The fraction of sp³-hybridized carbons (Fsp3) is 0.190. The Hall–Kier alpha value is -2.77. The fourth-order valence-corrected chi connectivity index (χ4v) is 4.71. The summed E-state index contributed by atoms with van der Waals surface area (Å²) in [5.74, 6) is -0.00103. The van der Waals surface area contributed by atoms with Gasteiger partial charge in [0.1, 0.15) is 4.83 Å². The normalized spacial score (nSPS) is 12.2. The summed E-state index contributed by atoms with van der Waals surface area (Å²) in [4.78, 5) is 33.9. The molecule has 0 saturated heterocycles. The van der Waals surface area contributed by atoms with Gasteiger partial charge in [-0.05, 0) is 30.9 Å². The number of H-pyrrole nitrogens is 1. The summed E-state index contributed by atoms with van der Waals surface area (Å²) < 4.78 is 5.49. The maximum absolute atomic E-state index is 12.7. The van der Waals surface area contributed by atoms with Crippen molar-refractivity contribution in [2.45, 2.75) is 26.4 Å². The van der Waals surface area contributed by atoms with E-state index in [1.54, 1.807) is 18.3 Å².